The summed E-state index contributed by atoms with van der Waals surface area (Å²) in [5.74, 6) is 2.60. The summed E-state index contributed by atoms with van der Waals surface area (Å²) >= 11 is 0. The van der Waals surface area contributed by atoms with Gasteiger partial charge < -0.3 is 15.1 Å². The summed E-state index contributed by atoms with van der Waals surface area (Å²) in [6, 6.07) is 6.02. The van der Waals surface area contributed by atoms with Crippen molar-refractivity contribution in [2.45, 2.75) is 39.0 Å². The lowest BCUT2D eigenvalue weighted by atomic mass is 9.93. The molecule has 0 aromatic carbocycles. The van der Waals surface area contributed by atoms with Crippen molar-refractivity contribution in [3.8, 4) is 0 Å². The molecule has 1 aliphatic rings. The SMILES string of the molecule is CCNc1cc(N2CCCC(CCC(=O)N(C)CCc3ccncc3)C2)ncn1. The normalized spacial score (nSPS) is 16.5. The lowest BCUT2D eigenvalue weighted by Gasteiger charge is -2.33. The van der Waals surface area contributed by atoms with Crippen LogP contribution < -0.4 is 10.2 Å². The summed E-state index contributed by atoms with van der Waals surface area (Å²) in [5.41, 5.74) is 1.21. The van der Waals surface area contributed by atoms with Crippen molar-refractivity contribution >= 4 is 17.5 Å². The van der Waals surface area contributed by atoms with E-state index in [-0.39, 0.29) is 5.91 Å². The van der Waals surface area contributed by atoms with Gasteiger partial charge in [0.1, 0.15) is 18.0 Å². The van der Waals surface area contributed by atoms with Crippen LogP contribution in [0.3, 0.4) is 0 Å². The highest BCUT2D eigenvalue weighted by Gasteiger charge is 2.22. The number of likely N-dealkylation sites (N-methyl/N-ethyl adjacent to an activating group) is 1. The van der Waals surface area contributed by atoms with Crippen LogP contribution in [0.2, 0.25) is 0 Å². The summed E-state index contributed by atoms with van der Waals surface area (Å²) < 4.78 is 0. The Morgan fingerprint density at radius 2 is 2.14 bits per heavy atom. The number of nitrogens with zero attached hydrogens (tertiary/aromatic N) is 5. The zero-order valence-electron chi connectivity index (χ0n) is 17.5. The van der Waals surface area contributed by atoms with Gasteiger partial charge in [-0.3, -0.25) is 9.78 Å². The molecule has 0 aliphatic carbocycles. The fraction of sp³-hybridized carbons (Fsp3) is 0.545. The molecule has 156 valence electrons. The minimum atomic E-state index is 0.229. The van der Waals surface area contributed by atoms with E-state index in [1.807, 2.05) is 30.1 Å². The Bertz CT molecular complexity index is 769. The Hall–Kier alpha value is -2.70. The molecule has 7 nitrogen and oxygen atoms in total. The number of carbonyl (C=O) groups is 1. The van der Waals surface area contributed by atoms with E-state index in [0.29, 0.717) is 12.3 Å². The van der Waals surface area contributed by atoms with Gasteiger partial charge in [-0.15, -0.1) is 0 Å². The predicted octanol–water partition coefficient (Wildman–Crippen LogP) is 3.00. The number of nitrogens with one attached hydrogen (secondary N) is 1. The summed E-state index contributed by atoms with van der Waals surface area (Å²) in [5, 5.41) is 3.24. The fourth-order valence-electron chi connectivity index (χ4n) is 3.80. The van der Waals surface area contributed by atoms with Gasteiger partial charge in [0.2, 0.25) is 5.91 Å². The van der Waals surface area contributed by atoms with Gasteiger partial charge in [-0.05, 0) is 56.2 Å². The zero-order chi connectivity index (χ0) is 20.5. The number of amides is 1. The highest BCUT2D eigenvalue weighted by molar-refractivity contribution is 5.75. The number of anilines is 2. The monoisotopic (exact) mass is 396 g/mol. The van der Waals surface area contributed by atoms with E-state index in [1.54, 1.807) is 18.7 Å². The van der Waals surface area contributed by atoms with E-state index in [4.69, 9.17) is 0 Å². The maximum atomic E-state index is 12.5. The van der Waals surface area contributed by atoms with Gasteiger partial charge in [0.15, 0.2) is 0 Å². The van der Waals surface area contributed by atoms with Gasteiger partial charge in [-0.1, -0.05) is 0 Å². The van der Waals surface area contributed by atoms with E-state index in [0.717, 1.165) is 57.1 Å². The van der Waals surface area contributed by atoms with Crippen LogP contribution in [-0.4, -0.2) is 59.0 Å². The Morgan fingerprint density at radius 1 is 1.31 bits per heavy atom. The van der Waals surface area contributed by atoms with Crippen LogP contribution in [0, 0.1) is 5.92 Å². The van der Waals surface area contributed by atoms with Gasteiger partial charge in [0.25, 0.3) is 0 Å². The molecule has 1 unspecified atom stereocenters. The van der Waals surface area contributed by atoms with Crippen LogP contribution in [0.25, 0.3) is 0 Å². The first-order valence-electron chi connectivity index (χ1n) is 10.6. The number of hydrogen-bond donors (Lipinski definition) is 1. The number of pyridine rings is 1. The maximum absolute atomic E-state index is 12.5. The van der Waals surface area contributed by atoms with Crippen molar-refractivity contribution in [1.29, 1.82) is 0 Å². The average molecular weight is 397 g/mol. The van der Waals surface area contributed by atoms with Crippen LogP contribution in [0.15, 0.2) is 36.9 Å². The molecule has 1 amide bonds. The molecule has 2 aromatic heterocycles. The Labute approximate surface area is 173 Å². The molecule has 1 atom stereocenters. The highest BCUT2D eigenvalue weighted by Crippen LogP contribution is 2.25. The summed E-state index contributed by atoms with van der Waals surface area (Å²) in [7, 11) is 1.90. The van der Waals surface area contributed by atoms with Crippen molar-refractivity contribution in [2.24, 2.45) is 5.92 Å². The van der Waals surface area contributed by atoms with E-state index in [9.17, 15) is 4.79 Å². The van der Waals surface area contributed by atoms with Crippen molar-refractivity contribution in [2.75, 3.05) is 43.4 Å². The largest absolute Gasteiger partial charge is 0.370 e. The molecule has 2 aromatic rings. The van der Waals surface area contributed by atoms with E-state index in [2.05, 4.69) is 32.1 Å². The molecule has 3 heterocycles. The zero-order valence-corrected chi connectivity index (χ0v) is 17.5. The second-order valence-electron chi connectivity index (χ2n) is 7.71. The van der Waals surface area contributed by atoms with Crippen LogP contribution in [0.5, 0.6) is 0 Å². The smallest absolute Gasteiger partial charge is 0.222 e. The van der Waals surface area contributed by atoms with Crippen LogP contribution in [0.4, 0.5) is 11.6 Å². The first-order chi connectivity index (χ1) is 14.2. The third-order valence-electron chi connectivity index (χ3n) is 5.53. The second kappa shape index (κ2) is 10.7. The van der Waals surface area contributed by atoms with Gasteiger partial charge in [0, 0.05) is 58.1 Å². The lowest BCUT2D eigenvalue weighted by molar-refractivity contribution is -0.130. The first kappa shape index (κ1) is 21.0. The Kier molecular flexibility index (Phi) is 7.78. The van der Waals surface area contributed by atoms with Crippen molar-refractivity contribution < 1.29 is 4.79 Å². The fourth-order valence-corrected chi connectivity index (χ4v) is 3.80. The lowest BCUT2D eigenvalue weighted by Crippen LogP contribution is -2.37. The van der Waals surface area contributed by atoms with E-state index in [1.165, 1.54) is 12.0 Å². The van der Waals surface area contributed by atoms with Gasteiger partial charge in [0.05, 0.1) is 0 Å². The molecule has 7 heteroatoms. The predicted molar refractivity (Wildman–Crippen MR) is 116 cm³/mol. The van der Waals surface area contributed by atoms with Gasteiger partial charge >= 0.3 is 0 Å². The summed E-state index contributed by atoms with van der Waals surface area (Å²) in [6.07, 6.45) is 9.93. The van der Waals surface area contributed by atoms with Crippen LogP contribution in [0.1, 0.15) is 38.2 Å². The molecule has 29 heavy (non-hydrogen) atoms. The third kappa shape index (κ3) is 6.41. The van der Waals surface area contributed by atoms with Gasteiger partial charge in [-0.25, -0.2) is 9.97 Å². The molecule has 1 N–H and O–H groups in total. The molecular formula is C22H32N6O. The van der Waals surface area contributed by atoms with Crippen molar-refractivity contribution in [1.82, 2.24) is 19.9 Å². The van der Waals surface area contributed by atoms with Crippen LogP contribution >= 0.6 is 0 Å². The molecule has 3 rings (SSSR count). The number of aromatic nitrogens is 3. The molecule has 1 fully saturated rings. The first-order valence-corrected chi connectivity index (χ1v) is 10.6. The molecule has 1 aliphatic heterocycles. The molecule has 0 saturated carbocycles. The number of carbonyl (C=O) groups excluding carboxylic acids is 1. The minimum Gasteiger partial charge on any atom is -0.370 e. The third-order valence-corrected chi connectivity index (χ3v) is 5.53. The number of hydrogen-bond acceptors (Lipinski definition) is 6. The number of piperidine rings is 1. The quantitative estimate of drug-likeness (QED) is 0.702. The molecule has 0 bridgehead atoms. The molecule has 1 saturated heterocycles. The highest BCUT2D eigenvalue weighted by atomic mass is 16.2. The Balaban J connectivity index is 1.45. The van der Waals surface area contributed by atoms with Crippen LogP contribution in [-0.2, 0) is 11.2 Å². The number of rotatable bonds is 9. The topological polar surface area (TPSA) is 74.2 Å². The molecular weight excluding hydrogens is 364 g/mol. The van der Waals surface area contributed by atoms with Crippen molar-refractivity contribution in [3.05, 3.63) is 42.5 Å². The van der Waals surface area contributed by atoms with Gasteiger partial charge in [-0.2, -0.15) is 0 Å². The molecule has 0 radical (unpaired) electrons. The second-order valence-corrected chi connectivity index (χ2v) is 7.71. The summed E-state index contributed by atoms with van der Waals surface area (Å²) in [6.45, 7) is 5.61. The average Bonchev–Trinajstić information content (AvgIpc) is 2.77. The minimum absolute atomic E-state index is 0.229. The Morgan fingerprint density at radius 3 is 2.93 bits per heavy atom. The van der Waals surface area contributed by atoms with E-state index >= 15 is 0 Å². The standard InChI is InChI=1S/C22H32N6O/c1-3-24-20-15-21(26-17-25-20)28-13-4-5-19(16-28)6-7-22(29)27(2)14-10-18-8-11-23-12-9-18/h8-9,11-12,15,17,19H,3-7,10,13-14,16H2,1-2H3,(H,24,25,26). The van der Waals surface area contributed by atoms with E-state index < -0.39 is 0 Å². The maximum Gasteiger partial charge on any atom is 0.222 e. The summed E-state index contributed by atoms with van der Waals surface area (Å²) in [4.78, 5) is 29.5. The molecule has 0 spiro atoms. The van der Waals surface area contributed by atoms with Crippen molar-refractivity contribution in [3.63, 3.8) is 0 Å².